The number of ether oxygens (including phenoxy) is 2. The molecular formula is C31H29N3O9. The van der Waals surface area contributed by atoms with Gasteiger partial charge in [-0.2, -0.15) is 0 Å². The molecule has 2 N–H and O–H groups in total. The van der Waals surface area contributed by atoms with Gasteiger partial charge in [-0.15, -0.1) is 0 Å². The van der Waals surface area contributed by atoms with E-state index in [1.54, 1.807) is 17.6 Å². The highest BCUT2D eigenvalue weighted by Crippen LogP contribution is 2.42. The van der Waals surface area contributed by atoms with Crippen LogP contribution in [0.4, 0.5) is 0 Å². The van der Waals surface area contributed by atoms with Crippen LogP contribution in [0, 0.1) is 0 Å². The highest BCUT2D eigenvalue weighted by Gasteiger charge is 2.50. The van der Waals surface area contributed by atoms with Crippen LogP contribution >= 0.6 is 0 Å². The second kappa shape index (κ2) is 10.4. The minimum absolute atomic E-state index is 0.0205. The maximum Gasteiger partial charge on any atom is 0.355 e. The standard InChI is InChI=1S/C31H29N3O9/c1-4-31(43-26(38)12-32-24(35)7-8-25(36)37)21-11-22-18-9-16-5-6-23-27(33-28(42-23)15(2)3)19(16)10-17(18)13-34(22)29(39)20(21)14-41-30(31)40/h5-6,9-11,15H,4,7-8,12-14H2,1-3H3,(H,32,35)(H,36,37)/t31-/m1/s1. The number of hydrogen-bond acceptors (Lipinski definition) is 9. The van der Waals surface area contributed by atoms with Gasteiger partial charge in [0.2, 0.25) is 11.5 Å². The highest BCUT2D eigenvalue weighted by atomic mass is 16.6. The Morgan fingerprint density at radius 2 is 1.95 bits per heavy atom. The lowest BCUT2D eigenvalue weighted by Gasteiger charge is -2.35. The van der Waals surface area contributed by atoms with Gasteiger partial charge in [0.05, 0.1) is 24.2 Å². The average molecular weight is 588 g/mol. The van der Waals surface area contributed by atoms with Gasteiger partial charge in [0.15, 0.2) is 11.5 Å². The predicted octanol–water partition coefficient (Wildman–Crippen LogP) is 3.48. The van der Waals surface area contributed by atoms with E-state index < -0.39 is 42.4 Å². The molecule has 2 aliphatic heterocycles. The molecule has 2 aromatic heterocycles. The number of rotatable bonds is 8. The van der Waals surface area contributed by atoms with E-state index >= 15 is 0 Å². The lowest BCUT2D eigenvalue weighted by Crippen LogP contribution is -2.48. The van der Waals surface area contributed by atoms with Crippen molar-refractivity contribution in [1.82, 2.24) is 14.9 Å². The molecule has 0 saturated carbocycles. The number of carbonyl (C=O) groups is 4. The second-order valence-electron chi connectivity index (χ2n) is 11.1. The van der Waals surface area contributed by atoms with E-state index in [0.29, 0.717) is 23.7 Å². The fourth-order valence-electron chi connectivity index (χ4n) is 5.76. The summed E-state index contributed by atoms with van der Waals surface area (Å²) >= 11 is 0. The fraction of sp³-hybridized carbons (Fsp3) is 0.355. The molecule has 2 aromatic carbocycles. The summed E-state index contributed by atoms with van der Waals surface area (Å²) in [5.74, 6) is -2.78. The van der Waals surface area contributed by atoms with Crippen LogP contribution in [0.25, 0.3) is 33.1 Å². The Labute approximate surface area is 244 Å². The van der Waals surface area contributed by atoms with Gasteiger partial charge in [0, 0.05) is 28.9 Å². The normalized spacial score (nSPS) is 17.0. The third-order valence-electron chi connectivity index (χ3n) is 8.01. The number of hydrogen-bond donors (Lipinski definition) is 2. The number of aromatic nitrogens is 2. The summed E-state index contributed by atoms with van der Waals surface area (Å²) in [5, 5.41) is 12.9. The number of carboxylic acids is 1. The summed E-state index contributed by atoms with van der Waals surface area (Å²) in [6.45, 7) is 5.10. The number of benzene rings is 2. The minimum Gasteiger partial charge on any atom is -0.481 e. The molecule has 0 fully saturated rings. The van der Waals surface area contributed by atoms with Crippen LogP contribution in [0.2, 0.25) is 0 Å². The summed E-state index contributed by atoms with van der Waals surface area (Å²) < 4.78 is 18.6. The third kappa shape index (κ3) is 4.62. The first kappa shape index (κ1) is 28.1. The lowest BCUT2D eigenvalue weighted by molar-refractivity contribution is -0.189. The zero-order valence-electron chi connectivity index (χ0n) is 23.8. The molecule has 6 rings (SSSR count). The van der Waals surface area contributed by atoms with Crippen molar-refractivity contribution >= 4 is 45.7 Å². The summed E-state index contributed by atoms with van der Waals surface area (Å²) in [5.41, 5.74) is 1.91. The van der Waals surface area contributed by atoms with Crippen LogP contribution in [-0.2, 0) is 47.4 Å². The molecule has 0 aliphatic carbocycles. The molecule has 2 aliphatic rings. The van der Waals surface area contributed by atoms with Gasteiger partial charge in [0.25, 0.3) is 5.56 Å². The molecule has 43 heavy (non-hydrogen) atoms. The van der Waals surface area contributed by atoms with Gasteiger partial charge < -0.3 is 28.9 Å². The van der Waals surface area contributed by atoms with Crippen LogP contribution in [0.1, 0.15) is 68.5 Å². The molecular weight excluding hydrogens is 558 g/mol. The Bertz CT molecular complexity index is 1920. The van der Waals surface area contributed by atoms with Gasteiger partial charge in [0.1, 0.15) is 18.7 Å². The van der Waals surface area contributed by atoms with Crippen molar-refractivity contribution in [2.45, 2.75) is 64.7 Å². The molecule has 1 atom stereocenters. The highest BCUT2D eigenvalue weighted by molar-refractivity contribution is 6.05. The average Bonchev–Trinajstić information content (AvgIpc) is 3.58. The number of aliphatic carboxylic acids is 1. The van der Waals surface area contributed by atoms with Crippen molar-refractivity contribution < 1.29 is 38.2 Å². The largest absolute Gasteiger partial charge is 0.481 e. The Hall–Kier alpha value is -5.00. The Morgan fingerprint density at radius 1 is 1.16 bits per heavy atom. The van der Waals surface area contributed by atoms with Crippen LogP contribution < -0.4 is 10.9 Å². The van der Waals surface area contributed by atoms with Crippen molar-refractivity contribution in [3.8, 4) is 11.3 Å². The van der Waals surface area contributed by atoms with E-state index in [1.165, 1.54) is 0 Å². The van der Waals surface area contributed by atoms with Gasteiger partial charge >= 0.3 is 17.9 Å². The lowest BCUT2D eigenvalue weighted by atomic mass is 9.85. The number of amides is 1. The first-order valence-corrected chi connectivity index (χ1v) is 14.0. The molecule has 0 radical (unpaired) electrons. The van der Waals surface area contributed by atoms with Crippen molar-refractivity contribution in [2.75, 3.05) is 6.54 Å². The molecule has 1 amide bonds. The van der Waals surface area contributed by atoms with E-state index in [-0.39, 0.29) is 42.1 Å². The van der Waals surface area contributed by atoms with Crippen LogP contribution in [0.3, 0.4) is 0 Å². The maximum atomic E-state index is 13.8. The Kier molecular flexibility index (Phi) is 6.79. The van der Waals surface area contributed by atoms with E-state index in [0.717, 1.165) is 27.4 Å². The molecule has 222 valence electrons. The number of carboxylic acid groups (broad SMARTS) is 1. The van der Waals surface area contributed by atoms with E-state index in [2.05, 4.69) is 5.32 Å². The molecule has 4 heterocycles. The smallest absolute Gasteiger partial charge is 0.355 e. The molecule has 4 aromatic rings. The number of oxazole rings is 1. The molecule has 0 saturated heterocycles. The quantitative estimate of drug-likeness (QED) is 0.257. The van der Waals surface area contributed by atoms with Gasteiger partial charge in [-0.05, 0) is 41.6 Å². The summed E-state index contributed by atoms with van der Waals surface area (Å²) in [4.78, 5) is 67.2. The van der Waals surface area contributed by atoms with Gasteiger partial charge in [-0.3, -0.25) is 19.2 Å². The molecule has 12 nitrogen and oxygen atoms in total. The molecule has 0 spiro atoms. The zero-order valence-corrected chi connectivity index (χ0v) is 23.8. The first-order valence-electron chi connectivity index (χ1n) is 14.0. The van der Waals surface area contributed by atoms with E-state index in [1.807, 2.05) is 38.1 Å². The number of pyridine rings is 1. The Balaban J connectivity index is 1.38. The molecule has 0 unspecified atom stereocenters. The number of nitrogens with one attached hydrogen (secondary N) is 1. The summed E-state index contributed by atoms with van der Waals surface area (Å²) in [7, 11) is 0. The maximum absolute atomic E-state index is 13.8. The minimum atomic E-state index is -1.90. The number of esters is 2. The number of cyclic esters (lactones) is 1. The SMILES string of the molecule is CC[C@]1(OC(=O)CNC(=O)CCC(=O)O)C(=O)OCc2c1cc1n(c2=O)Cc2cc3c(ccc4oc(C(C)C)nc43)cc2-1. The van der Waals surface area contributed by atoms with Crippen molar-refractivity contribution in [2.24, 2.45) is 0 Å². The predicted molar refractivity (Wildman–Crippen MR) is 152 cm³/mol. The van der Waals surface area contributed by atoms with Crippen molar-refractivity contribution in [3.05, 3.63) is 63.3 Å². The fourth-order valence-corrected chi connectivity index (χ4v) is 5.76. The Morgan fingerprint density at radius 3 is 2.67 bits per heavy atom. The van der Waals surface area contributed by atoms with E-state index in [4.69, 9.17) is 24.0 Å². The van der Waals surface area contributed by atoms with Gasteiger partial charge in [-0.1, -0.05) is 26.8 Å². The summed E-state index contributed by atoms with van der Waals surface area (Å²) in [6.07, 6.45) is -0.731. The zero-order chi connectivity index (χ0) is 30.6. The topological polar surface area (TPSA) is 167 Å². The molecule has 12 heteroatoms. The van der Waals surface area contributed by atoms with Crippen LogP contribution in [-0.4, -0.2) is 45.0 Å². The second-order valence-corrected chi connectivity index (χ2v) is 11.1. The van der Waals surface area contributed by atoms with E-state index in [9.17, 15) is 24.0 Å². The number of fused-ring (bicyclic) bond motifs is 7. The van der Waals surface area contributed by atoms with Crippen molar-refractivity contribution in [3.63, 3.8) is 0 Å². The van der Waals surface area contributed by atoms with Crippen LogP contribution in [0.15, 0.2) is 39.5 Å². The van der Waals surface area contributed by atoms with Gasteiger partial charge in [-0.25, -0.2) is 9.78 Å². The third-order valence-corrected chi connectivity index (χ3v) is 8.01. The first-order chi connectivity index (χ1) is 20.5. The monoisotopic (exact) mass is 587 g/mol. The number of carbonyl (C=O) groups excluding carboxylic acids is 3. The summed E-state index contributed by atoms with van der Waals surface area (Å²) in [6, 6.07) is 9.50. The van der Waals surface area contributed by atoms with Crippen LogP contribution in [0.5, 0.6) is 0 Å². The van der Waals surface area contributed by atoms with Crippen molar-refractivity contribution in [1.29, 1.82) is 0 Å². The number of nitrogens with zero attached hydrogens (tertiary/aromatic N) is 2. The molecule has 0 bridgehead atoms.